The van der Waals surface area contributed by atoms with E-state index in [4.69, 9.17) is 4.74 Å². The van der Waals surface area contributed by atoms with Crippen LogP contribution in [-0.2, 0) is 13.2 Å². The molecule has 0 aliphatic heterocycles. The van der Waals surface area contributed by atoms with E-state index in [0.717, 1.165) is 11.4 Å². The molecular formula is C16H20N2O3. The number of aromatic hydroxyl groups is 1. The van der Waals surface area contributed by atoms with Crippen molar-refractivity contribution in [3.63, 3.8) is 0 Å². The van der Waals surface area contributed by atoms with Crippen molar-refractivity contribution in [1.29, 1.82) is 0 Å². The van der Waals surface area contributed by atoms with Gasteiger partial charge in [-0.1, -0.05) is 6.07 Å². The lowest BCUT2D eigenvalue weighted by Gasteiger charge is -2.13. The Balaban J connectivity index is 2.16. The van der Waals surface area contributed by atoms with Crippen molar-refractivity contribution in [2.75, 3.05) is 11.9 Å². The summed E-state index contributed by atoms with van der Waals surface area (Å²) in [6.45, 7) is 4.53. The minimum absolute atomic E-state index is 0.120. The first-order valence-electron chi connectivity index (χ1n) is 6.89. The van der Waals surface area contributed by atoms with Gasteiger partial charge in [0, 0.05) is 35.6 Å². The predicted octanol–water partition coefficient (Wildman–Crippen LogP) is 2.60. The zero-order valence-corrected chi connectivity index (χ0v) is 12.3. The number of pyridine rings is 1. The van der Waals surface area contributed by atoms with Crippen molar-refractivity contribution in [1.82, 2.24) is 4.98 Å². The van der Waals surface area contributed by atoms with Gasteiger partial charge in [-0.2, -0.15) is 0 Å². The Labute approximate surface area is 124 Å². The molecule has 0 aliphatic rings. The van der Waals surface area contributed by atoms with Crippen LogP contribution in [0.25, 0.3) is 0 Å². The van der Waals surface area contributed by atoms with E-state index in [1.54, 1.807) is 13.1 Å². The highest BCUT2D eigenvalue weighted by molar-refractivity contribution is 5.50. The molecule has 0 fully saturated rings. The Morgan fingerprint density at radius 3 is 2.86 bits per heavy atom. The van der Waals surface area contributed by atoms with Crippen LogP contribution in [0.15, 0.2) is 30.5 Å². The zero-order chi connectivity index (χ0) is 15.2. The van der Waals surface area contributed by atoms with Crippen molar-refractivity contribution in [2.24, 2.45) is 0 Å². The quantitative estimate of drug-likeness (QED) is 0.762. The third-order valence-corrected chi connectivity index (χ3v) is 3.21. The maximum atomic E-state index is 10.1. The Hall–Kier alpha value is -2.27. The topological polar surface area (TPSA) is 74.6 Å². The van der Waals surface area contributed by atoms with Crippen LogP contribution in [0.5, 0.6) is 11.5 Å². The summed E-state index contributed by atoms with van der Waals surface area (Å²) in [4.78, 5) is 4.05. The number of aliphatic hydroxyl groups is 1. The van der Waals surface area contributed by atoms with Gasteiger partial charge in [0.25, 0.3) is 0 Å². The van der Waals surface area contributed by atoms with Crippen LogP contribution in [0.4, 0.5) is 5.69 Å². The van der Waals surface area contributed by atoms with E-state index >= 15 is 0 Å². The molecule has 5 heteroatoms. The minimum Gasteiger partial charge on any atom is -0.506 e. The van der Waals surface area contributed by atoms with Gasteiger partial charge in [-0.3, -0.25) is 4.98 Å². The smallest absolute Gasteiger partial charge is 0.142 e. The molecule has 1 heterocycles. The van der Waals surface area contributed by atoms with Crippen molar-refractivity contribution in [3.8, 4) is 11.5 Å². The van der Waals surface area contributed by atoms with E-state index in [-0.39, 0.29) is 12.4 Å². The third kappa shape index (κ3) is 3.64. The second-order valence-corrected chi connectivity index (χ2v) is 4.67. The van der Waals surface area contributed by atoms with Crippen LogP contribution >= 0.6 is 0 Å². The van der Waals surface area contributed by atoms with E-state index in [0.29, 0.717) is 30.0 Å². The largest absolute Gasteiger partial charge is 0.506 e. The first-order chi connectivity index (χ1) is 10.2. The Bertz CT molecular complexity index is 614. The first kappa shape index (κ1) is 15.1. The van der Waals surface area contributed by atoms with Gasteiger partial charge in [0.1, 0.15) is 11.5 Å². The number of hydrogen-bond donors (Lipinski definition) is 3. The molecule has 2 rings (SSSR count). The first-order valence-corrected chi connectivity index (χ1v) is 6.89. The molecule has 0 unspecified atom stereocenters. The van der Waals surface area contributed by atoms with Crippen LogP contribution in [0, 0.1) is 6.92 Å². The fraction of sp³-hybridized carbons (Fsp3) is 0.312. The molecule has 0 atom stereocenters. The standard InChI is InChI=1S/C16H20N2O3/c1-3-21-14-6-4-5-13(7-14)18-9-15-12(10-19)8-17-11(2)16(15)20/h4-8,18-20H,3,9-10H2,1-2H3. The molecule has 112 valence electrons. The molecule has 5 nitrogen and oxygen atoms in total. The van der Waals surface area contributed by atoms with E-state index in [1.807, 2.05) is 31.2 Å². The highest BCUT2D eigenvalue weighted by Gasteiger charge is 2.11. The normalized spacial score (nSPS) is 10.4. The Morgan fingerprint density at radius 1 is 1.33 bits per heavy atom. The summed E-state index contributed by atoms with van der Waals surface area (Å²) in [6, 6.07) is 7.61. The maximum absolute atomic E-state index is 10.1. The van der Waals surface area contributed by atoms with Crippen LogP contribution in [0.1, 0.15) is 23.7 Å². The van der Waals surface area contributed by atoms with Gasteiger partial charge < -0.3 is 20.3 Å². The van der Waals surface area contributed by atoms with E-state index < -0.39 is 0 Å². The Morgan fingerprint density at radius 2 is 2.14 bits per heavy atom. The summed E-state index contributed by atoms with van der Waals surface area (Å²) >= 11 is 0. The molecule has 0 bridgehead atoms. The molecule has 1 aromatic heterocycles. The fourth-order valence-electron chi connectivity index (χ4n) is 2.07. The lowest BCUT2D eigenvalue weighted by molar-refractivity contribution is 0.279. The minimum atomic E-state index is -0.156. The second kappa shape index (κ2) is 6.95. The molecule has 0 saturated carbocycles. The summed E-state index contributed by atoms with van der Waals surface area (Å²) < 4.78 is 5.45. The summed E-state index contributed by atoms with van der Waals surface area (Å²) in [5, 5.41) is 22.7. The number of benzene rings is 1. The zero-order valence-electron chi connectivity index (χ0n) is 12.3. The molecule has 0 saturated heterocycles. The lowest BCUT2D eigenvalue weighted by Crippen LogP contribution is -2.05. The number of anilines is 1. The number of nitrogens with zero attached hydrogens (tertiary/aromatic N) is 1. The number of ether oxygens (including phenoxy) is 1. The van der Waals surface area contributed by atoms with Crippen LogP contribution < -0.4 is 10.1 Å². The van der Waals surface area contributed by atoms with Crippen molar-refractivity contribution >= 4 is 5.69 Å². The van der Waals surface area contributed by atoms with Gasteiger partial charge in [-0.05, 0) is 26.0 Å². The number of nitrogens with one attached hydrogen (secondary N) is 1. The number of aryl methyl sites for hydroxylation is 1. The SMILES string of the molecule is CCOc1cccc(NCc2c(CO)cnc(C)c2O)c1. The number of rotatable bonds is 6. The van der Waals surface area contributed by atoms with Crippen molar-refractivity contribution < 1.29 is 14.9 Å². The van der Waals surface area contributed by atoms with Gasteiger partial charge >= 0.3 is 0 Å². The molecule has 0 radical (unpaired) electrons. The van der Waals surface area contributed by atoms with E-state index in [2.05, 4.69) is 10.3 Å². The summed E-state index contributed by atoms with van der Waals surface area (Å²) in [5.41, 5.74) is 2.71. The Kier molecular flexibility index (Phi) is 5.00. The van der Waals surface area contributed by atoms with Gasteiger partial charge in [-0.25, -0.2) is 0 Å². The molecule has 0 spiro atoms. The molecule has 0 aliphatic carbocycles. The summed E-state index contributed by atoms with van der Waals surface area (Å²) in [5.74, 6) is 0.912. The average Bonchev–Trinajstić information content (AvgIpc) is 2.49. The van der Waals surface area contributed by atoms with Crippen LogP contribution in [-0.4, -0.2) is 21.8 Å². The fourth-order valence-corrected chi connectivity index (χ4v) is 2.07. The van der Waals surface area contributed by atoms with Gasteiger partial charge in [0.05, 0.1) is 18.9 Å². The molecule has 3 N–H and O–H groups in total. The monoisotopic (exact) mass is 288 g/mol. The summed E-state index contributed by atoms with van der Waals surface area (Å²) in [6.07, 6.45) is 1.59. The van der Waals surface area contributed by atoms with Crippen molar-refractivity contribution in [3.05, 3.63) is 47.3 Å². The number of hydrogen-bond acceptors (Lipinski definition) is 5. The highest BCUT2D eigenvalue weighted by Crippen LogP contribution is 2.25. The second-order valence-electron chi connectivity index (χ2n) is 4.67. The lowest BCUT2D eigenvalue weighted by atomic mass is 10.1. The molecular weight excluding hydrogens is 268 g/mol. The van der Waals surface area contributed by atoms with E-state index in [1.165, 1.54) is 0 Å². The highest BCUT2D eigenvalue weighted by atomic mass is 16.5. The van der Waals surface area contributed by atoms with Crippen molar-refractivity contribution in [2.45, 2.75) is 27.0 Å². The van der Waals surface area contributed by atoms with Gasteiger partial charge in [0.2, 0.25) is 0 Å². The van der Waals surface area contributed by atoms with Gasteiger partial charge in [-0.15, -0.1) is 0 Å². The van der Waals surface area contributed by atoms with Crippen LogP contribution in [0.2, 0.25) is 0 Å². The maximum Gasteiger partial charge on any atom is 0.142 e. The average molecular weight is 288 g/mol. The third-order valence-electron chi connectivity index (χ3n) is 3.21. The molecule has 0 amide bonds. The molecule has 2 aromatic rings. The number of aliphatic hydroxyl groups excluding tert-OH is 1. The predicted molar refractivity (Wildman–Crippen MR) is 81.5 cm³/mol. The number of aromatic nitrogens is 1. The molecule has 1 aromatic carbocycles. The summed E-state index contributed by atoms with van der Waals surface area (Å²) in [7, 11) is 0. The van der Waals surface area contributed by atoms with Gasteiger partial charge in [0.15, 0.2) is 0 Å². The van der Waals surface area contributed by atoms with Crippen LogP contribution in [0.3, 0.4) is 0 Å². The van der Waals surface area contributed by atoms with E-state index in [9.17, 15) is 10.2 Å². The molecule has 21 heavy (non-hydrogen) atoms.